The number of aliphatic hydroxyl groups is 1. The molecule has 0 spiro atoms. The first-order chi connectivity index (χ1) is 6.58. The molecule has 0 unspecified atom stereocenters. The highest BCUT2D eigenvalue weighted by Gasteiger charge is 2.37. The van der Waals surface area contributed by atoms with Crippen LogP contribution in [0.1, 0.15) is 61.3 Å². The Morgan fingerprint density at radius 3 is 1.67 bits per heavy atom. The maximum atomic E-state index is 9.94. The molecule has 1 radical (unpaired) electrons. The minimum Gasteiger partial charge on any atom is -0.432 e. The monoisotopic (exact) mass is 213 g/mol. The van der Waals surface area contributed by atoms with Gasteiger partial charge in [-0.2, -0.15) is 0 Å². The normalized spacial score (nSPS) is 14.1. The van der Waals surface area contributed by atoms with Gasteiger partial charge in [0.15, 0.2) is 0 Å². The summed E-state index contributed by atoms with van der Waals surface area (Å²) in [6.45, 7) is 13.9. The zero-order valence-electron chi connectivity index (χ0n) is 11.3. The SMILES string of the molecule is CCC(C)([B]OC(C)(C)C(C)(C)O)CC. The Morgan fingerprint density at radius 1 is 1.00 bits per heavy atom. The van der Waals surface area contributed by atoms with E-state index in [9.17, 15) is 5.11 Å². The predicted molar refractivity (Wildman–Crippen MR) is 66.2 cm³/mol. The van der Waals surface area contributed by atoms with Gasteiger partial charge in [0.2, 0.25) is 0 Å². The molecular formula is C12H26BO2. The van der Waals surface area contributed by atoms with Crippen molar-refractivity contribution in [2.24, 2.45) is 0 Å². The second-order valence-corrected chi connectivity index (χ2v) is 5.67. The highest BCUT2D eigenvalue weighted by Crippen LogP contribution is 2.35. The third-order valence-electron chi connectivity index (χ3n) is 3.73. The largest absolute Gasteiger partial charge is 0.432 e. The Labute approximate surface area is 95.7 Å². The van der Waals surface area contributed by atoms with Crippen LogP contribution in [-0.4, -0.2) is 23.8 Å². The van der Waals surface area contributed by atoms with Crippen molar-refractivity contribution >= 4 is 7.48 Å². The van der Waals surface area contributed by atoms with Gasteiger partial charge in [0.05, 0.1) is 11.2 Å². The molecule has 0 aliphatic rings. The predicted octanol–water partition coefficient (Wildman–Crippen LogP) is 3.17. The summed E-state index contributed by atoms with van der Waals surface area (Å²) < 4.78 is 5.77. The summed E-state index contributed by atoms with van der Waals surface area (Å²) in [5, 5.41) is 10.0. The molecule has 0 aromatic rings. The Kier molecular flexibility index (Phi) is 4.87. The smallest absolute Gasteiger partial charge is 0.299 e. The Morgan fingerprint density at radius 2 is 1.40 bits per heavy atom. The van der Waals surface area contributed by atoms with E-state index in [1.807, 2.05) is 21.3 Å². The first-order valence-electron chi connectivity index (χ1n) is 5.82. The summed E-state index contributed by atoms with van der Waals surface area (Å²) in [5.74, 6) is 0. The van der Waals surface area contributed by atoms with Crippen molar-refractivity contribution in [1.29, 1.82) is 0 Å². The molecule has 0 aromatic heterocycles. The average Bonchev–Trinajstić information content (AvgIpc) is 2.13. The summed E-state index contributed by atoms with van der Waals surface area (Å²) in [5.41, 5.74) is -1.40. The molecule has 0 rings (SSSR count). The highest BCUT2D eigenvalue weighted by molar-refractivity contribution is 6.32. The summed E-state index contributed by atoms with van der Waals surface area (Å²) >= 11 is 0. The molecule has 0 heterocycles. The van der Waals surface area contributed by atoms with E-state index in [2.05, 4.69) is 20.8 Å². The number of hydrogen-bond acceptors (Lipinski definition) is 2. The van der Waals surface area contributed by atoms with E-state index in [0.717, 1.165) is 12.8 Å². The standard InChI is InChI=1S/C12H26BO2/c1-8-12(7,9-2)13-15-11(5,6)10(3,4)14/h14H,8-9H2,1-7H3. The molecule has 3 heteroatoms. The van der Waals surface area contributed by atoms with Crippen LogP contribution >= 0.6 is 0 Å². The highest BCUT2D eigenvalue weighted by atomic mass is 16.5. The summed E-state index contributed by atoms with van der Waals surface area (Å²) in [6.07, 6.45) is 2.09. The second kappa shape index (κ2) is 4.88. The Balaban J connectivity index is 4.38. The average molecular weight is 213 g/mol. The van der Waals surface area contributed by atoms with E-state index in [1.165, 1.54) is 0 Å². The molecule has 0 fully saturated rings. The lowest BCUT2D eigenvalue weighted by Crippen LogP contribution is -2.49. The van der Waals surface area contributed by atoms with Gasteiger partial charge < -0.3 is 9.76 Å². The van der Waals surface area contributed by atoms with Crippen molar-refractivity contribution in [1.82, 2.24) is 0 Å². The van der Waals surface area contributed by atoms with Crippen LogP contribution in [0.2, 0.25) is 5.31 Å². The third kappa shape index (κ3) is 4.16. The molecule has 1 N–H and O–H groups in total. The van der Waals surface area contributed by atoms with Crippen LogP contribution in [0.4, 0.5) is 0 Å². The Bertz CT molecular complexity index is 190. The van der Waals surface area contributed by atoms with Gasteiger partial charge in [-0.25, -0.2) is 0 Å². The van der Waals surface area contributed by atoms with E-state index in [1.54, 1.807) is 13.8 Å². The summed E-state index contributed by atoms with van der Waals surface area (Å²) in [7, 11) is 1.89. The zero-order valence-corrected chi connectivity index (χ0v) is 11.3. The summed E-state index contributed by atoms with van der Waals surface area (Å²) in [4.78, 5) is 0. The van der Waals surface area contributed by atoms with Crippen LogP contribution in [0.25, 0.3) is 0 Å². The molecule has 0 aliphatic heterocycles. The summed E-state index contributed by atoms with van der Waals surface area (Å²) in [6, 6.07) is 0. The third-order valence-corrected chi connectivity index (χ3v) is 3.73. The van der Waals surface area contributed by atoms with Crippen LogP contribution in [0.5, 0.6) is 0 Å². The van der Waals surface area contributed by atoms with E-state index >= 15 is 0 Å². The lowest BCUT2D eigenvalue weighted by atomic mass is 9.61. The van der Waals surface area contributed by atoms with E-state index in [-0.39, 0.29) is 5.31 Å². The van der Waals surface area contributed by atoms with Gasteiger partial charge in [-0.1, -0.05) is 33.6 Å². The molecule has 0 aliphatic carbocycles. The quantitative estimate of drug-likeness (QED) is 0.686. The van der Waals surface area contributed by atoms with Gasteiger partial charge in [0.1, 0.15) is 0 Å². The molecule has 0 amide bonds. The van der Waals surface area contributed by atoms with E-state index in [4.69, 9.17) is 4.65 Å². The zero-order chi connectivity index (χ0) is 12.3. The van der Waals surface area contributed by atoms with Crippen LogP contribution < -0.4 is 0 Å². The maximum Gasteiger partial charge on any atom is 0.299 e. The maximum absolute atomic E-state index is 9.94. The van der Waals surface area contributed by atoms with Gasteiger partial charge in [-0.3, -0.25) is 0 Å². The molecule has 0 aromatic carbocycles. The molecular weight excluding hydrogens is 187 g/mol. The van der Waals surface area contributed by atoms with Crippen molar-refractivity contribution < 1.29 is 9.76 Å². The minimum atomic E-state index is -0.841. The molecule has 2 nitrogen and oxygen atoms in total. The molecule has 89 valence electrons. The van der Waals surface area contributed by atoms with Crippen molar-refractivity contribution in [2.75, 3.05) is 0 Å². The van der Waals surface area contributed by atoms with Gasteiger partial charge in [-0.15, -0.1) is 0 Å². The van der Waals surface area contributed by atoms with E-state index in [0.29, 0.717) is 0 Å². The first kappa shape index (κ1) is 15.0. The number of hydrogen-bond donors (Lipinski definition) is 1. The topological polar surface area (TPSA) is 29.5 Å². The van der Waals surface area contributed by atoms with Crippen molar-refractivity contribution in [2.45, 2.75) is 77.8 Å². The van der Waals surface area contributed by atoms with E-state index < -0.39 is 11.2 Å². The van der Waals surface area contributed by atoms with Gasteiger partial charge >= 0.3 is 0 Å². The van der Waals surface area contributed by atoms with Crippen LogP contribution in [0.15, 0.2) is 0 Å². The van der Waals surface area contributed by atoms with Gasteiger partial charge in [0, 0.05) is 0 Å². The van der Waals surface area contributed by atoms with Gasteiger partial charge in [-0.05, 0) is 33.0 Å². The van der Waals surface area contributed by atoms with Crippen molar-refractivity contribution in [3.63, 3.8) is 0 Å². The minimum absolute atomic E-state index is 0.0997. The fourth-order valence-electron chi connectivity index (χ4n) is 0.850. The Hall–Kier alpha value is -0.0151. The first-order valence-corrected chi connectivity index (χ1v) is 5.82. The molecule has 0 bridgehead atoms. The van der Waals surface area contributed by atoms with Crippen LogP contribution in [0, 0.1) is 0 Å². The van der Waals surface area contributed by atoms with Crippen LogP contribution in [-0.2, 0) is 4.65 Å². The molecule has 0 saturated heterocycles. The van der Waals surface area contributed by atoms with Crippen LogP contribution in [0.3, 0.4) is 0 Å². The fraction of sp³-hybridized carbons (Fsp3) is 1.00. The lowest BCUT2D eigenvalue weighted by molar-refractivity contribution is -0.0920. The fourth-order valence-corrected chi connectivity index (χ4v) is 0.850. The molecule has 15 heavy (non-hydrogen) atoms. The number of rotatable bonds is 6. The van der Waals surface area contributed by atoms with Gasteiger partial charge in [0.25, 0.3) is 7.48 Å². The van der Waals surface area contributed by atoms with Crippen molar-refractivity contribution in [3.8, 4) is 0 Å². The molecule has 0 atom stereocenters. The van der Waals surface area contributed by atoms with Crippen molar-refractivity contribution in [3.05, 3.63) is 0 Å². The molecule has 0 saturated carbocycles. The lowest BCUT2D eigenvalue weighted by Gasteiger charge is -2.40. The second-order valence-electron chi connectivity index (χ2n) is 5.67.